The summed E-state index contributed by atoms with van der Waals surface area (Å²) in [6.45, 7) is 3.88. The van der Waals surface area contributed by atoms with Crippen molar-refractivity contribution < 1.29 is 4.79 Å². The number of carbonyl (C=O) groups is 1. The number of halogens is 3. The van der Waals surface area contributed by atoms with Gasteiger partial charge in [-0.25, -0.2) is 0 Å². The number of anilines is 2. The van der Waals surface area contributed by atoms with Crippen LogP contribution in [0.15, 0.2) is 36.4 Å². The van der Waals surface area contributed by atoms with Crippen LogP contribution in [0.3, 0.4) is 0 Å². The zero-order valence-corrected chi connectivity index (χ0v) is 16.0. The van der Waals surface area contributed by atoms with Crippen LogP contribution >= 0.6 is 34.8 Å². The quantitative estimate of drug-likeness (QED) is 0.817. The van der Waals surface area contributed by atoms with Crippen molar-refractivity contribution in [2.75, 3.05) is 43.4 Å². The van der Waals surface area contributed by atoms with Crippen LogP contribution in [-0.4, -0.2) is 44.0 Å². The van der Waals surface area contributed by atoms with Crippen LogP contribution in [0.25, 0.3) is 0 Å². The number of carbonyl (C=O) groups excluding carboxylic acids is 1. The van der Waals surface area contributed by atoms with E-state index in [4.69, 9.17) is 34.8 Å². The first-order chi connectivity index (χ1) is 11.9. The number of piperazine rings is 1. The number of hydrogen-bond acceptors (Lipinski definition) is 3. The molecule has 1 heterocycles. The number of nitrogens with zero attached hydrogens (tertiary/aromatic N) is 2. The van der Waals surface area contributed by atoms with Crippen LogP contribution in [0, 0.1) is 0 Å². The fourth-order valence-corrected chi connectivity index (χ4v) is 3.33. The van der Waals surface area contributed by atoms with Crippen LogP contribution in [0.5, 0.6) is 0 Å². The lowest BCUT2D eigenvalue weighted by atomic mass is 10.2. The summed E-state index contributed by atoms with van der Waals surface area (Å²) in [4.78, 5) is 16.9. The summed E-state index contributed by atoms with van der Waals surface area (Å²) in [5.41, 5.74) is 2.06. The first-order valence-electron chi connectivity index (χ1n) is 7.93. The minimum Gasteiger partial charge on any atom is -0.368 e. The molecule has 1 aliphatic heterocycles. The van der Waals surface area contributed by atoms with E-state index in [2.05, 4.69) is 22.2 Å². The second kappa shape index (κ2) is 7.83. The number of amides is 1. The van der Waals surface area contributed by atoms with Gasteiger partial charge in [0.1, 0.15) is 0 Å². The Morgan fingerprint density at radius 1 is 0.920 bits per heavy atom. The molecule has 1 N–H and O–H groups in total. The molecule has 0 radical (unpaired) electrons. The molecule has 2 aromatic rings. The molecular formula is C18H18Cl3N3O. The molecule has 0 atom stereocenters. The Bertz CT molecular complexity index is 789. The van der Waals surface area contributed by atoms with E-state index in [0.29, 0.717) is 26.3 Å². The first-order valence-corrected chi connectivity index (χ1v) is 9.07. The molecule has 1 fully saturated rings. The van der Waals surface area contributed by atoms with Gasteiger partial charge >= 0.3 is 0 Å². The lowest BCUT2D eigenvalue weighted by Gasteiger charge is -2.34. The second-order valence-corrected chi connectivity index (χ2v) is 7.26. The minimum absolute atomic E-state index is 0.262. The molecule has 0 aromatic heterocycles. The van der Waals surface area contributed by atoms with Crippen molar-refractivity contribution in [3.05, 3.63) is 57.0 Å². The van der Waals surface area contributed by atoms with Crippen molar-refractivity contribution in [2.45, 2.75) is 0 Å². The second-order valence-electron chi connectivity index (χ2n) is 6.04. The molecular weight excluding hydrogens is 381 g/mol. The Balaban J connectivity index is 1.72. The maximum Gasteiger partial charge on any atom is 0.255 e. The van der Waals surface area contributed by atoms with E-state index in [9.17, 15) is 4.79 Å². The molecule has 2 aromatic carbocycles. The van der Waals surface area contributed by atoms with Gasteiger partial charge in [0.2, 0.25) is 0 Å². The Labute approximate surface area is 162 Å². The van der Waals surface area contributed by atoms with Crippen molar-refractivity contribution in [3.63, 3.8) is 0 Å². The van der Waals surface area contributed by atoms with Gasteiger partial charge in [-0.2, -0.15) is 0 Å². The summed E-state index contributed by atoms with van der Waals surface area (Å²) in [6, 6.07) is 10.3. The van der Waals surface area contributed by atoms with Crippen LogP contribution < -0.4 is 10.2 Å². The van der Waals surface area contributed by atoms with Crippen molar-refractivity contribution in [2.24, 2.45) is 0 Å². The van der Waals surface area contributed by atoms with Gasteiger partial charge in [0.05, 0.1) is 20.8 Å². The predicted molar refractivity (Wildman–Crippen MR) is 106 cm³/mol. The predicted octanol–water partition coefficient (Wildman–Crippen LogP) is 4.65. The molecule has 0 saturated carbocycles. The van der Waals surface area contributed by atoms with Gasteiger partial charge in [0, 0.05) is 37.4 Å². The van der Waals surface area contributed by atoms with E-state index in [1.54, 1.807) is 24.3 Å². The van der Waals surface area contributed by atoms with E-state index < -0.39 is 0 Å². The average Bonchev–Trinajstić information content (AvgIpc) is 2.58. The largest absolute Gasteiger partial charge is 0.368 e. The third-order valence-corrected chi connectivity index (χ3v) is 5.27. The SMILES string of the molecule is CN1CCN(c2ccc(NC(=O)c3ccc(Cl)c(Cl)c3)cc2Cl)CC1. The summed E-state index contributed by atoms with van der Waals surface area (Å²) < 4.78 is 0. The highest BCUT2D eigenvalue weighted by atomic mass is 35.5. The lowest BCUT2D eigenvalue weighted by molar-refractivity contribution is 0.102. The highest BCUT2D eigenvalue weighted by Crippen LogP contribution is 2.30. The Kier molecular flexibility index (Phi) is 5.74. The minimum atomic E-state index is -0.262. The zero-order chi connectivity index (χ0) is 18.0. The van der Waals surface area contributed by atoms with Gasteiger partial charge in [0.15, 0.2) is 0 Å². The number of likely N-dealkylation sites (N-methyl/N-ethyl adjacent to an activating group) is 1. The molecule has 1 aliphatic rings. The monoisotopic (exact) mass is 397 g/mol. The summed E-state index contributed by atoms with van der Waals surface area (Å²) in [5, 5.41) is 4.21. The van der Waals surface area contributed by atoms with Gasteiger partial charge in [0.25, 0.3) is 5.91 Å². The number of rotatable bonds is 3. The Morgan fingerprint density at radius 3 is 2.28 bits per heavy atom. The van der Waals surface area contributed by atoms with Crippen LogP contribution in [0.4, 0.5) is 11.4 Å². The molecule has 25 heavy (non-hydrogen) atoms. The lowest BCUT2D eigenvalue weighted by Crippen LogP contribution is -2.44. The smallest absolute Gasteiger partial charge is 0.255 e. The summed E-state index contributed by atoms with van der Waals surface area (Å²) in [6.07, 6.45) is 0. The number of hydrogen-bond donors (Lipinski definition) is 1. The fraction of sp³-hybridized carbons (Fsp3) is 0.278. The Morgan fingerprint density at radius 2 is 1.64 bits per heavy atom. The zero-order valence-electron chi connectivity index (χ0n) is 13.7. The molecule has 132 valence electrons. The summed E-state index contributed by atoms with van der Waals surface area (Å²) >= 11 is 18.3. The molecule has 0 spiro atoms. The molecule has 0 aliphatic carbocycles. The molecule has 3 rings (SSSR count). The van der Waals surface area contributed by atoms with E-state index in [0.717, 1.165) is 31.9 Å². The highest BCUT2D eigenvalue weighted by molar-refractivity contribution is 6.42. The molecule has 4 nitrogen and oxygen atoms in total. The van der Waals surface area contributed by atoms with Gasteiger partial charge < -0.3 is 15.1 Å². The highest BCUT2D eigenvalue weighted by Gasteiger charge is 2.17. The van der Waals surface area contributed by atoms with E-state index in [1.807, 2.05) is 12.1 Å². The fourth-order valence-electron chi connectivity index (χ4n) is 2.73. The first kappa shape index (κ1) is 18.3. The molecule has 0 unspecified atom stereocenters. The van der Waals surface area contributed by atoms with Crippen molar-refractivity contribution in [1.82, 2.24) is 4.90 Å². The van der Waals surface area contributed by atoms with Crippen LogP contribution in [0.2, 0.25) is 15.1 Å². The molecule has 7 heteroatoms. The molecule has 0 bridgehead atoms. The summed E-state index contributed by atoms with van der Waals surface area (Å²) in [7, 11) is 2.11. The van der Waals surface area contributed by atoms with Gasteiger partial charge in [-0.05, 0) is 43.4 Å². The summed E-state index contributed by atoms with van der Waals surface area (Å²) in [5.74, 6) is -0.262. The third-order valence-electron chi connectivity index (χ3n) is 4.23. The standard InChI is InChI=1S/C18H18Cl3N3O/c1-23-6-8-24(9-7-23)17-5-3-13(11-16(17)21)22-18(25)12-2-4-14(19)15(20)10-12/h2-5,10-11H,6-9H2,1H3,(H,22,25). The topological polar surface area (TPSA) is 35.6 Å². The molecule has 1 amide bonds. The van der Waals surface area contributed by atoms with Crippen molar-refractivity contribution >= 4 is 52.1 Å². The normalized spacial score (nSPS) is 15.3. The Hall–Kier alpha value is -1.46. The number of benzene rings is 2. The maximum atomic E-state index is 12.3. The van der Waals surface area contributed by atoms with E-state index >= 15 is 0 Å². The van der Waals surface area contributed by atoms with E-state index in [1.165, 1.54) is 0 Å². The number of nitrogens with one attached hydrogen (secondary N) is 1. The van der Waals surface area contributed by atoms with Gasteiger partial charge in [-0.3, -0.25) is 4.79 Å². The third kappa shape index (κ3) is 4.39. The van der Waals surface area contributed by atoms with Crippen molar-refractivity contribution in [1.29, 1.82) is 0 Å². The van der Waals surface area contributed by atoms with Gasteiger partial charge in [-0.15, -0.1) is 0 Å². The van der Waals surface area contributed by atoms with Crippen LogP contribution in [-0.2, 0) is 0 Å². The van der Waals surface area contributed by atoms with E-state index in [-0.39, 0.29) is 5.91 Å². The molecule has 1 saturated heterocycles. The average molecular weight is 399 g/mol. The maximum absolute atomic E-state index is 12.3. The van der Waals surface area contributed by atoms with Crippen LogP contribution in [0.1, 0.15) is 10.4 Å². The van der Waals surface area contributed by atoms with Crippen molar-refractivity contribution in [3.8, 4) is 0 Å². The van der Waals surface area contributed by atoms with Gasteiger partial charge in [-0.1, -0.05) is 34.8 Å².